The number of hydrogen-bond donors (Lipinski definition) is 0. The Morgan fingerprint density at radius 2 is 2.11 bits per heavy atom. The Hall–Kier alpha value is -2.03. The summed E-state index contributed by atoms with van der Waals surface area (Å²) in [6.07, 6.45) is 6.07. The van der Waals surface area contributed by atoms with Crippen LogP contribution in [0, 0.1) is 5.92 Å². The number of allylic oxidation sites excluding steroid dienone is 1. The fourth-order valence-corrected chi connectivity index (χ4v) is 2.88. The molecule has 3 heteroatoms. The lowest BCUT2D eigenvalue weighted by atomic mass is 9.92. The van der Waals surface area contributed by atoms with Crippen molar-refractivity contribution in [2.45, 2.75) is 18.9 Å². The minimum Gasteiger partial charge on any atom is -0.485 e. The van der Waals surface area contributed by atoms with Crippen molar-refractivity contribution >= 4 is 11.0 Å². The monoisotopic (exact) mass is 240 g/mol. The average molecular weight is 240 g/mol. The highest BCUT2D eigenvalue weighted by Crippen LogP contribution is 2.38. The molecule has 0 unspecified atom stereocenters. The van der Waals surface area contributed by atoms with E-state index in [1.807, 2.05) is 18.2 Å². The van der Waals surface area contributed by atoms with Gasteiger partial charge in [0.2, 0.25) is 0 Å². The maximum Gasteiger partial charge on any atom is 0.343 e. The van der Waals surface area contributed by atoms with E-state index in [1.54, 1.807) is 6.07 Å². The van der Waals surface area contributed by atoms with E-state index in [9.17, 15) is 4.79 Å². The highest BCUT2D eigenvalue weighted by molar-refractivity contribution is 5.84. The van der Waals surface area contributed by atoms with Gasteiger partial charge in [0.05, 0.1) is 10.9 Å². The van der Waals surface area contributed by atoms with Crippen LogP contribution in [-0.4, -0.2) is 6.10 Å². The summed E-state index contributed by atoms with van der Waals surface area (Å²) < 4.78 is 11.4. The number of fused-ring (bicyclic) bond motifs is 4. The largest absolute Gasteiger partial charge is 0.485 e. The Morgan fingerprint density at radius 1 is 1.22 bits per heavy atom. The van der Waals surface area contributed by atoms with Gasteiger partial charge in [-0.2, -0.15) is 0 Å². The summed E-state index contributed by atoms with van der Waals surface area (Å²) in [7, 11) is 0. The van der Waals surface area contributed by atoms with E-state index in [2.05, 4.69) is 12.2 Å². The topological polar surface area (TPSA) is 39.4 Å². The zero-order valence-corrected chi connectivity index (χ0v) is 9.76. The Balaban J connectivity index is 2.01. The standard InChI is InChI=1S/C15H12O3/c16-15-11-8-9-4-3-7-12(9)17-14(11)10-5-1-2-6-13(10)18-15/h1-3,5-7,9,12H,4,8H2/t9-,12-/m0/s1. The first-order valence-electron chi connectivity index (χ1n) is 6.21. The molecule has 0 saturated carbocycles. The number of ether oxygens (including phenoxy) is 1. The van der Waals surface area contributed by atoms with Crippen molar-refractivity contribution in [2.24, 2.45) is 5.92 Å². The Labute approximate surface area is 104 Å². The lowest BCUT2D eigenvalue weighted by Gasteiger charge is -2.28. The summed E-state index contributed by atoms with van der Waals surface area (Å²) in [6.45, 7) is 0. The van der Waals surface area contributed by atoms with E-state index < -0.39 is 0 Å². The molecule has 1 aromatic heterocycles. The quantitative estimate of drug-likeness (QED) is 0.525. The van der Waals surface area contributed by atoms with Gasteiger partial charge in [-0.3, -0.25) is 0 Å². The average Bonchev–Trinajstić information content (AvgIpc) is 2.84. The summed E-state index contributed by atoms with van der Waals surface area (Å²) >= 11 is 0. The van der Waals surface area contributed by atoms with Gasteiger partial charge < -0.3 is 9.15 Å². The molecule has 0 radical (unpaired) electrons. The molecule has 2 aromatic rings. The second-order valence-corrected chi connectivity index (χ2v) is 4.90. The zero-order chi connectivity index (χ0) is 12.1. The summed E-state index contributed by atoms with van der Waals surface area (Å²) in [5.74, 6) is 1.11. The van der Waals surface area contributed by atoms with Crippen LogP contribution < -0.4 is 10.4 Å². The third-order valence-corrected chi connectivity index (χ3v) is 3.80. The third kappa shape index (κ3) is 1.27. The van der Waals surface area contributed by atoms with Gasteiger partial charge in [-0.1, -0.05) is 18.2 Å². The van der Waals surface area contributed by atoms with Crippen molar-refractivity contribution in [3.8, 4) is 5.75 Å². The van der Waals surface area contributed by atoms with Crippen LogP contribution >= 0.6 is 0 Å². The van der Waals surface area contributed by atoms with E-state index in [4.69, 9.17) is 9.15 Å². The van der Waals surface area contributed by atoms with Crippen molar-refractivity contribution in [3.05, 3.63) is 52.4 Å². The maximum absolute atomic E-state index is 12.0. The Morgan fingerprint density at radius 3 is 3.06 bits per heavy atom. The van der Waals surface area contributed by atoms with Crippen molar-refractivity contribution in [1.29, 1.82) is 0 Å². The third-order valence-electron chi connectivity index (χ3n) is 3.80. The molecule has 1 aliphatic carbocycles. The smallest absolute Gasteiger partial charge is 0.343 e. The van der Waals surface area contributed by atoms with Crippen LogP contribution in [0.2, 0.25) is 0 Å². The van der Waals surface area contributed by atoms with Gasteiger partial charge in [-0.25, -0.2) is 4.79 Å². The summed E-state index contributed by atoms with van der Waals surface area (Å²) in [6, 6.07) is 7.54. The zero-order valence-electron chi connectivity index (χ0n) is 9.76. The first kappa shape index (κ1) is 9.95. The molecule has 0 saturated heterocycles. The SMILES string of the molecule is O=c1oc2ccccc2c2c1C[C@@H]1CC=C[C@@H]1O2. The van der Waals surface area contributed by atoms with Gasteiger partial charge in [0.1, 0.15) is 17.4 Å². The minimum absolute atomic E-state index is 0.114. The van der Waals surface area contributed by atoms with Crippen LogP contribution in [0.1, 0.15) is 12.0 Å². The fraction of sp³-hybridized carbons (Fsp3) is 0.267. The molecule has 2 atom stereocenters. The van der Waals surface area contributed by atoms with E-state index in [0.717, 1.165) is 24.0 Å². The number of benzene rings is 1. The molecule has 0 spiro atoms. The van der Waals surface area contributed by atoms with Crippen LogP contribution in [0.5, 0.6) is 5.75 Å². The van der Waals surface area contributed by atoms with Crippen molar-refractivity contribution in [2.75, 3.05) is 0 Å². The van der Waals surface area contributed by atoms with Crippen LogP contribution in [0.4, 0.5) is 0 Å². The molecule has 4 rings (SSSR count). The highest BCUT2D eigenvalue weighted by Gasteiger charge is 2.33. The predicted molar refractivity (Wildman–Crippen MR) is 67.9 cm³/mol. The molecule has 2 heterocycles. The molecule has 1 aliphatic heterocycles. The number of para-hydroxylation sites is 1. The first-order valence-corrected chi connectivity index (χ1v) is 6.21. The second kappa shape index (κ2) is 3.48. The lowest BCUT2D eigenvalue weighted by Crippen LogP contribution is -2.31. The van der Waals surface area contributed by atoms with E-state index in [0.29, 0.717) is 17.1 Å². The summed E-state index contributed by atoms with van der Waals surface area (Å²) in [5.41, 5.74) is 1.04. The maximum atomic E-state index is 12.0. The molecule has 2 aliphatic rings. The van der Waals surface area contributed by atoms with Crippen molar-refractivity contribution in [3.63, 3.8) is 0 Å². The second-order valence-electron chi connectivity index (χ2n) is 4.90. The Bertz CT molecular complexity index is 711. The van der Waals surface area contributed by atoms with Gasteiger partial charge in [0, 0.05) is 5.92 Å². The van der Waals surface area contributed by atoms with E-state index in [-0.39, 0.29) is 11.7 Å². The number of rotatable bonds is 0. The summed E-state index contributed by atoms with van der Waals surface area (Å²) in [4.78, 5) is 12.0. The molecule has 0 amide bonds. The molecular weight excluding hydrogens is 228 g/mol. The van der Waals surface area contributed by atoms with Crippen LogP contribution in [0.25, 0.3) is 11.0 Å². The minimum atomic E-state index is -0.256. The number of hydrogen-bond acceptors (Lipinski definition) is 3. The van der Waals surface area contributed by atoms with Gasteiger partial charge in [-0.05, 0) is 31.1 Å². The van der Waals surface area contributed by atoms with Gasteiger partial charge in [-0.15, -0.1) is 0 Å². The highest BCUT2D eigenvalue weighted by atomic mass is 16.5. The lowest BCUT2D eigenvalue weighted by molar-refractivity contribution is 0.166. The van der Waals surface area contributed by atoms with Gasteiger partial charge in [0.15, 0.2) is 0 Å². The van der Waals surface area contributed by atoms with E-state index >= 15 is 0 Å². The molecule has 0 fully saturated rings. The molecule has 3 nitrogen and oxygen atoms in total. The molecule has 18 heavy (non-hydrogen) atoms. The van der Waals surface area contributed by atoms with E-state index in [1.165, 1.54) is 0 Å². The molecular formula is C15H12O3. The normalized spacial score (nSPS) is 24.7. The molecule has 90 valence electrons. The van der Waals surface area contributed by atoms with Crippen LogP contribution in [-0.2, 0) is 6.42 Å². The summed E-state index contributed by atoms with van der Waals surface area (Å²) in [5, 5.41) is 0.894. The first-order chi connectivity index (χ1) is 8.83. The van der Waals surface area contributed by atoms with Gasteiger partial charge in [0.25, 0.3) is 0 Å². The fourth-order valence-electron chi connectivity index (χ4n) is 2.88. The molecule has 1 aromatic carbocycles. The van der Waals surface area contributed by atoms with Crippen LogP contribution in [0.3, 0.4) is 0 Å². The predicted octanol–water partition coefficient (Wildman–Crippen LogP) is 2.67. The van der Waals surface area contributed by atoms with Crippen LogP contribution in [0.15, 0.2) is 45.6 Å². The molecule has 0 bridgehead atoms. The van der Waals surface area contributed by atoms with Gasteiger partial charge >= 0.3 is 5.63 Å². The molecule has 0 N–H and O–H groups in total. The Kier molecular flexibility index (Phi) is 1.92. The van der Waals surface area contributed by atoms with Crippen molar-refractivity contribution in [1.82, 2.24) is 0 Å². The van der Waals surface area contributed by atoms with Crippen molar-refractivity contribution < 1.29 is 9.15 Å².